The van der Waals surface area contributed by atoms with E-state index in [1.165, 1.54) is 0 Å². The molecule has 94 valence electrons. The summed E-state index contributed by atoms with van der Waals surface area (Å²) in [6.45, 7) is 1.56. The van der Waals surface area contributed by atoms with E-state index < -0.39 is 11.2 Å². The first-order valence-corrected chi connectivity index (χ1v) is 6.72. The molecule has 0 bridgehead atoms. The lowest BCUT2D eigenvalue weighted by molar-refractivity contribution is 0.856. The molecule has 7 heteroatoms. The van der Waals surface area contributed by atoms with Crippen LogP contribution in [0, 0.1) is 10.5 Å². The molecule has 0 aliphatic heterocycles. The second-order valence-electron chi connectivity index (χ2n) is 3.61. The van der Waals surface area contributed by atoms with Gasteiger partial charge < -0.3 is 0 Å². The molecular weight excluding hydrogens is 390 g/mol. The summed E-state index contributed by atoms with van der Waals surface area (Å²) >= 11 is 13.6. The molecule has 2 aromatic rings. The zero-order chi connectivity index (χ0) is 13.4. The van der Waals surface area contributed by atoms with Crippen LogP contribution in [0.15, 0.2) is 27.8 Å². The molecule has 4 nitrogen and oxygen atoms in total. The van der Waals surface area contributed by atoms with Gasteiger partial charge in [-0.2, -0.15) is 0 Å². The molecular formula is C11H7Cl2IN2O2. The van der Waals surface area contributed by atoms with Gasteiger partial charge in [0, 0.05) is 8.59 Å². The van der Waals surface area contributed by atoms with Gasteiger partial charge in [-0.3, -0.25) is 9.78 Å². The first kappa shape index (κ1) is 13.6. The molecule has 0 saturated carbocycles. The van der Waals surface area contributed by atoms with Gasteiger partial charge >= 0.3 is 5.69 Å². The van der Waals surface area contributed by atoms with Crippen molar-refractivity contribution in [3.63, 3.8) is 0 Å². The van der Waals surface area contributed by atoms with Gasteiger partial charge in [-0.1, -0.05) is 23.2 Å². The highest BCUT2D eigenvalue weighted by atomic mass is 127. The van der Waals surface area contributed by atoms with Gasteiger partial charge in [0.25, 0.3) is 5.56 Å². The lowest BCUT2D eigenvalue weighted by atomic mass is 10.3. The van der Waals surface area contributed by atoms with Gasteiger partial charge in [0.2, 0.25) is 0 Å². The van der Waals surface area contributed by atoms with Crippen LogP contribution in [0.1, 0.15) is 5.56 Å². The van der Waals surface area contributed by atoms with Gasteiger partial charge in [0.05, 0.1) is 11.3 Å². The molecule has 0 spiro atoms. The summed E-state index contributed by atoms with van der Waals surface area (Å²) in [5.41, 5.74) is -0.243. The first-order valence-electron chi connectivity index (χ1n) is 4.88. The van der Waals surface area contributed by atoms with Crippen molar-refractivity contribution >= 4 is 45.8 Å². The summed E-state index contributed by atoms with van der Waals surface area (Å²) < 4.78 is 1.74. The predicted octanol–water partition coefficient (Wildman–Crippen LogP) is 2.75. The molecule has 1 heterocycles. The third-order valence-corrected chi connectivity index (χ3v) is 3.90. The van der Waals surface area contributed by atoms with E-state index >= 15 is 0 Å². The number of hydrogen-bond donors (Lipinski definition) is 1. The van der Waals surface area contributed by atoms with Crippen molar-refractivity contribution < 1.29 is 0 Å². The van der Waals surface area contributed by atoms with Crippen molar-refractivity contribution in [1.29, 1.82) is 0 Å². The van der Waals surface area contributed by atoms with E-state index in [2.05, 4.69) is 4.98 Å². The molecule has 0 aliphatic rings. The molecule has 1 N–H and O–H groups in total. The fourth-order valence-electron chi connectivity index (χ4n) is 1.48. The van der Waals surface area contributed by atoms with Crippen LogP contribution in [0.2, 0.25) is 10.2 Å². The van der Waals surface area contributed by atoms with Gasteiger partial charge in [-0.25, -0.2) is 9.36 Å². The fraction of sp³-hybridized carbons (Fsp3) is 0.0909. The highest BCUT2D eigenvalue weighted by Crippen LogP contribution is 2.19. The van der Waals surface area contributed by atoms with Crippen molar-refractivity contribution in [3.05, 3.63) is 58.3 Å². The van der Waals surface area contributed by atoms with E-state index in [1.807, 2.05) is 22.6 Å². The van der Waals surface area contributed by atoms with Gasteiger partial charge in [-0.05, 0) is 47.7 Å². The Kier molecular flexibility index (Phi) is 3.84. The number of aromatic nitrogens is 2. The van der Waals surface area contributed by atoms with Gasteiger partial charge in [-0.15, -0.1) is 0 Å². The van der Waals surface area contributed by atoms with Crippen LogP contribution in [0.3, 0.4) is 0 Å². The Labute approximate surface area is 126 Å². The number of nitrogens with zero attached hydrogens (tertiary/aromatic N) is 1. The minimum atomic E-state index is -0.573. The summed E-state index contributed by atoms with van der Waals surface area (Å²) in [4.78, 5) is 26.3. The standard InChI is InChI=1S/C11H7Cl2IN2O2/c1-5-9(13)15-11(18)16(10(5)17)8-3-2-6(12)4-7(8)14/h2-4H,1H3,(H,15,18). The molecule has 0 saturated heterocycles. The maximum atomic E-state index is 12.1. The average Bonchev–Trinajstić information content (AvgIpc) is 2.29. The van der Waals surface area contributed by atoms with E-state index in [4.69, 9.17) is 23.2 Å². The maximum Gasteiger partial charge on any atom is 0.334 e. The number of rotatable bonds is 1. The van der Waals surface area contributed by atoms with E-state index in [0.29, 0.717) is 19.8 Å². The highest BCUT2D eigenvalue weighted by Gasteiger charge is 2.12. The van der Waals surface area contributed by atoms with Crippen LogP contribution >= 0.6 is 45.8 Å². The van der Waals surface area contributed by atoms with E-state index in [0.717, 1.165) is 4.57 Å². The lowest BCUT2D eigenvalue weighted by Gasteiger charge is -2.08. The fourth-order valence-corrected chi connectivity index (χ4v) is 2.75. The number of nitrogens with one attached hydrogen (secondary N) is 1. The zero-order valence-corrected chi connectivity index (χ0v) is 12.8. The number of hydrogen-bond acceptors (Lipinski definition) is 2. The SMILES string of the molecule is Cc1c(Cl)[nH]c(=O)n(-c2ccc(Cl)cc2I)c1=O. The Morgan fingerprint density at radius 1 is 1.28 bits per heavy atom. The molecule has 1 aromatic carbocycles. The molecule has 0 fully saturated rings. The molecule has 1 aromatic heterocycles. The van der Waals surface area contributed by atoms with E-state index in [1.54, 1.807) is 25.1 Å². The van der Waals surface area contributed by atoms with Crippen LogP contribution in [0.5, 0.6) is 0 Å². The average molecular weight is 397 g/mol. The third-order valence-electron chi connectivity index (χ3n) is 2.42. The van der Waals surface area contributed by atoms with E-state index in [-0.39, 0.29) is 5.15 Å². The van der Waals surface area contributed by atoms with Crippen LogP contribution in [0.4, 0.5) is 0 Å². The van der Waals surface area contributed by atoms with Crippen molar-refractivity contribution in [2.75, 3.05) is 0 Å². The Morgan fingerprint density at radius 2 is 1.94 bits per heavy atom. The molecule has 0 atom stereocenters. The summed E-state index contributed by atoms with van der Waals surface area (Å²) in [5, 5.41) is 0.600. The quantitative estimate of drug-likeness (QED) is 0.595. The van der Waals surface area contributed by atoms with Gasteiger partial charge in [0.15, 0.2) is 0 Å². The minimum Gasteiger partial charge on any atom is -0.297 e. The number of benzene rings is 1. The maximum absolute atomic E-state index is 12.1. The smallest absolute Gasteiger partial charge is 0.297 e. The minimum absolute atomic E-state index is 0.0604. The second-order valence-corrected chi connectivity index (χ2v) is 5.58. The van der Waals surface area contributed by atoms with Crippen molar-refractivity contribution in [1.82, 2.24) is 9.55 Å². The topological polar surface area (TPSA) is 54.9 Å². The van der Waals surface area contributed by atoms with Crippen LogP contribution in [-0.4, -0.2) is 9.55 Å². The van der Waals surface area contributed by atoms with Crippen molar-refractivity contribution in [2.24, 2.45) is 0 Å². The predicted molar refractivity (Wildman–Crippen MR) is 80.1 cm³/mol. The number of H-pyrrole nitrogens is 1. The lowest BCUT2D eigenvalue weighted by Crippen LogP contribution is -2.35. The van der Waals surface area contributed by atoms with Crippen molar-refractivity contribution in [2.45, 2.75) is 6.92 Å². The number of aromatic amines is 1. The largest absolute Gasteiger partial charge is 0.334 e. The summed E-state index contributed by atoms with van der Waals surface area (Å²) in [5.74, 6) is 0. The monoisotopic (exact) mass is 396 g/mol. The molecule has 0 amide bonds. The summed E-state index contributed by atoms with van der Waals surface area (Å²) in [6, 6.07) is 4.91. The summed E-state index contributed by atoms with van der Waals surface area (Å²) in [7, 11) is 0. The van der Waals surface area contributed by atoms with Crippen LogP contribution in [0.25, 0.3) is 5.69 Å². The van der Waals surface area contributed by atoms with Crippen molar-refractivity contribution in [3.8, 4) is 5.69 Å². The molecule has 2 rings (SSSR count). The first-order chi connectivity index (χ1) is 8.41. The van der Waals surface area contributed by atoms with Gasteiger partial charge in [0.1, 0.15) is 5.15 Å². The Hall–Kier alpha value is -0.790. The number of halogens is 3. The Bertz CT molecular complexity index is 737. The molecule has 0 unspecified atom stereocenters. The van der Waals surface area contributed by atoms with Crippen LogP contribution in [-0.2, 0) is 0 Å². The molecule has 18 heavy (non-hydrogen) atoms. The molecule has 0 radical (unpaired) electrons. The Balaban J connectivity index is 2.84. The van der Waals surface area contributed by atoms with Crippen LogP contribution < -0.4 is 11.2 Å². The highest BCUT2D eigenvalue weighted by molar-refractivity contribution is 14.1. The third kappa shape index (κ3) is 2.34. The zero-order valence-electron chi connectivity index (χ0n) is 9.13. The van der Waals surface area contributed by atoms with E-state index in [9.17, 15) is 9.59 Å². The second kappa shape index (κ2) is 5.07. The summed E-state index contributed by atoms with van der Waals surface area (Å²) in [6.07, 6.45) is 0. The normalized spacial score (nSPS) is 10.7. The Morgan fingerprint density at radius 3 is 2.56 bits per heavy atom. The molecule has 0 aliphatic carbocycles.